The van der Waals surface area contributed by atoms with Crippen molar-refractivity contribution in [3.8, 4) is 0 Å². The predicted molar refractivity (Wildman–Crippen MR) is 246 cm³/mol. The second-order valence-corrected chi connectivity index (χ2v) is 16.2. The van der Waals surface area contributed by atoms with E-state index < -0.39 is 0 Å². The van der Waals surface area contributed by atoms with Gasteiger partial charge in [0, 0.05) is 0 Å². The predicted octanol–water partition coefficient (Wildman–Crippen LogP) is 17.4. The molecule has 0 aliphatic rings. The van der Waals surface area contributed by atoms with Gasteiger partial charge < -0.3 is 0 Å². The Bertz CT molecular complexity index is 1630. The van der Waals surface area contributed by atoms with E-state index in [1.807, 2.05) is 0 Å². The van der Waals surface area contributed by atoms with Crippen LogP contribution in [0.4, 0.5) is 0 Å². The molecule has 0 nitrogen and oxygen atoms in total. The number of hydrogen-bond donors (Lipinski definition) is 0. The fourth-order valence-electron chi connectivity index (χ4n) is 8.09. The van der Waals surface area contributed by atoms with Crippen molar-refractivity contribution in [2.45, 2.75) is 200 Å². The van der Waals surface area contributed by atoms with Crippen molar-refractivity contribution >= 4 is 0 Å². The van der Waals surface area contributed by atoms with Crippen molar-refractivity contribution < 1.29 is 0 Å². The summed E-state index contributed by atoms with van der Waals surface area (Å²) in [6.07, 6.45) is 10.00. The van der Waals surface area contributed by atoms with E-state index in [9.17, 15) is 0 Å². The highest BCUT2D eigenvalue weighted by Crippen LogP contribution is 2.31. The Morgan fingerprint density at radius 2 is 0.722 bits per heavy atom. The van der Waals surface area contributed by atoms with Crippen molar-refractivity contribution in [1.82, 2.24) is 0 Å². The summed E-state index contributed by atoms with van der Waals surface area (Å²) in [4.78, 5) is 0. The number of hydrogen-bond acceptors (Lipinski definition) is 0. The van der Waals surface area contributed by atoms with Gasteiger partial charge in [-0.05, 0) is 222 Å². The lowest BCUT2D eigenvalue weighted by Crippen LogP contribution is -2.03. The zero-order valence-corrected chi connectivity index (χ0v) is 38.7. The fourth-order valence-corrected chi connectivity index (χ4v) is 8.09. The molecule has 4 aromatic rings. The molecule has 4 aromatic carbocycles. The van der Waals surface area contributed by atoms with Gasteiger partial charge in [-0.15, -0.1) is 0 Å². The van der Waals surface area contributed by atoms with Crippen LogP contribution in [0.15, 0.2) is 60.7 Å². The molecule has 0 aliphatic carbocycles. The largest absolute Gasteiger partial charge is 0.0648 e. The lowest BCUT2D eigenvalue weighted by molar-refractivity contribution is 0.633. The fraction of sp³-hybridized carbons (Fsp3) is 0.556. The van der Waals surface area contributed by atoms with Crippen molar-refractivity contribution in [2.24, 2.45) is 0 Å². The first-order valence-electron chi connectivity index (χ1n) is 21.9. The van der Waals surface area contributed by atoms with Crippen LogP contribution < -0.4 is 0 Å². The van der Waals surface area contributed by atoms with E-state index in [0.717, 1.165) is 23.7 Å². The molecule has 300 valence electrons. The lowest BCUT2D eigenvalue weighted by Gasteiger charge is -2.20. The minimum atomic E-state index is 0.744. The quantitative estimate of drug-likeness (QED) is 0.136. The molecular formula is C54H84. The maximum atomic E-state index is 2.36. The summed E-state index contributed by atoms with van der Waals surface area (Å²) < 4.78 is 0. The number of benzene rings is 4. The van der Waals surface area contributed by atoms with Gasteiger partial charge in [0.1, 0.15) is 0 Å². The molecule has 0 saturated heterocycles. The molecule has 0 heteroatoms. The van der Waals surface area contributed by atoms with Crippen LogP contribution in [0.25, 0.3) is 0 Å². The van der Waals surface area contributed by atoms with Gasteiger partial charge in [-0.25, -0.2) is 0 Å². The normalized spacial score (nSPS) is 10.9. The standard InChI is InChI=1S/2C14H22.2C13H20/c1-6-13(7-2)14-8-10(3)12(5)11(4)9-14;1-6-13(7-2)14-11(4)9-8-10(3)12(14)5;1-5-12(6-2)13-8-7-10(3)11(4)9-13;1-5-12(6-2)13-9-7-8-10(3)11(13)4/h2*8-9,13H,6-7H2,1-5H3;2*7-9,12H,5-6H2,1-4H3. The second kappa shape index (κ2) is 25.1. The van der Waals surface area contributed by atoms with E-state index in [0.29, 0.717) is 0 Å². The topological polar surface area (TPSA) is 0 Å². The van der Waals surface area contributed by atoms with Gasteiger partial charge in [0.05, 0.1) is 0 Å². The van der Waals surface area contributed by atoms with Crippen LogP contribution in [0.5, 0.6) is 0 Å². The summed E-state index contributed by atoms with van der Waals surface area (Å²) in [5.41, 5.74) is 20.6. The second-order valence-electron chi connectivity index (χ2n) is 16.2. The van der Waals surface area contributed by atoms with Crippen molar-refractivity contribution in [3.05, 3.63) is 139 Å². The smallest absolute Gasteiger partial charge is 0.0162 e. The van der Waals surface area contributed by atoms with Crippen LogP contribution >= 0.6 is 0 Å². The Balaban J connectivity index is 0.000000360. The van der Waals surface area contributed by atoms with E-state index >= 15 is 0 Å². The Hall–Kier alpha value is -3.12. The summed E-state index contributed by atoms with van der Waals surface area (Å²) in [5.74, 6) is 2.99. The molecule has 54 heavy (non-hydrogen) atoms. The molecule has 0 amide bonds. The van der Waals surface area contributed by atoms with Gasteiger partial charge in [-0.1, -0.05) is 116 Å². The van der Waals surface area contributed by atoms with Crippen LogP contribution in [0.3, 0.4) is 0 Å². The lowest BCUT2D eigenvalue weighted by atomic mass is 9.85. The maximum absolute atomic E-state index is 2.36. The minimum Gasteiger partial charge on any atom is -0.0648 e. The van der Waals surface area contributed by atoms with Gasteiger partial charge in [0.2, 0.25) is 0 Å². The van der Waals surface area contributed by atoms with E-state index in [1.165, 1.54) is 118 Å². The SMILES string of the molecule is CCC(CC)c1c(C)ccc(C)c1C.CCC(CC)c1cc(C)c(C)c(C)c1.CCC(CC)c1ccc(C)c(C)c1.CCC(CC)c1cccc(C)c1C. The zero-order valence-electron chi connectivity index (χ0n) is 38.7. The van der Waals surface area contributed by atoms with E-state index in [4.69, 9.17) is 0 Å². The molecular weight excluding hydrogens is 649 g/mol. The third-order valence-corrected chi connectivity index (χ3v) is 12.9. The molecule has 0 unspecified atom stereocenters. The van der Waals surface area contributed by atoms with E-state index in [2.05, 4.69) is 185 Å². The average Bonchev–Trinajstić information content (AvgIpc) is 3.16. The summed E-state index contributed by atoms with van der Waals surface area (Å²) in [6.45, 7) is 40.4. The molecule has 4 rings (SSSR count). The zero-order chi connectivity index (χ0) is 41.1. The summed E-state index contributed by atoms with van der Waals surface area (Å²) in [7, 11) is 0. The molecule has 0 radical (unpaired) electrons. The molecule has 0 aromatic heterocycles. The Kier molecular flexibility index (Phi) is 22.7. The molecule has 0 aliphatic heterocycles. The van der Waals surface area contributed by atoms with Crippen LogP contribution in [0, 0.1) is 69.2 Å². The van der Waals surface area contributed by atoms with Crippen LogP contribution in [-0.2, 0) is 0 Å². The third-order valence-electron chi connectivity index (χ3n) is 12.9. The van der Waals surface area contributed by atoms with Gasteiger partial charge in [-0.2, -0.15) is 0 Å². The molecule has 0 bridgehead atoms. The van der Waals surface area contributed by atoms with E-state index in [-0.39, 0.29) is 0 Å². The highest BCUT2D eigenvalue weighted by atomic mass is 14.2. The summed E-state index contributed by atoms with van der Waals surface area (Å²) in [6, 6.07) is 22.7. The molecule has 0 fully saturated rings. The summed E-state index contributed by atoms with van der Waals surface area (Å²) in [5, 5.41) is 0. The summed E-state index contributed by atoms with van der Waals surface area (Å²) >= 11 is 0. The third kappa shape index (κ3) is 14.2. The molecule has 0 atom stereocenters. The van der Waals surface area contributed by atoms with Crippen molar-refractivity contribution in [3.63, 3.8) is 0 Å². The average molecular weight is 733 g/mol. The molecule has 0 spiro atoms. The highest BCUT2D eigenvalue weighted by Gasteiger charge is 2.14. The number of rotatable bonds is 12. The van der Waals surface area contributed by atoms with Gasteiger partial charge >= 0.3 is 0 Å². The van der Waals surface area contributed by atoms with Gasteiger partial charge in [0.25, 0.3) is 0 Å². The highest BCUT2D eigenvalue weighted by molar-refractivity contribution is 5.42. The first-order chi connectivity index (χ1) is 25.6. The van der Waals surface area contributed by atoms with Crippen LogP contribution in [-0.4, -0.2) is 0 Å². The van der Waals surface area contributed by atoms with Gasteiger partial charge in [-0.3, -0.25) is 0 Å². The number of aryl methyl sites for hydroxylation is 7. The maximum Gasteiger partial charge on any atom is -0.0162 e. The van der Waals surface area contributed by atoms with Crippen LogP contribution in [0.1, 0.15) is 208 Å². The van der Waals surface area contributed by atoms with Crippen LogP contribution in [0.2, 0.25) is 0 Å². The Labute approximate surface area is 337 Å². The molecule has 0 N–H and O–H groups in total. The minimum absolute atomic E-state index is 0.744. The van der Waals surface area contributed by atoms with E-state index in [1.54, 1.807) is 11.1 Å². The Morgan fingerprint density at radius 3 is 1.19 bits per heavy atom. The van der Waals surface area contributed by atoms with Crippen molar-refractivity contribution in [1.29, 1.82) is 0 Å². The molecule has 0 heterocycles. The monoisotopic (exact) mass is 733 g/mol. The van der Waals surface area contributed by atoms with Gasteiger partial charge in [0.15, 0.2) is 0 Å². The molecule has 0 saturated carbocycles. The van der Waals surface area contributed by atoms with Crippen molar-refractivity contribution in [2.75, 3.05) is 0 Å². The first-order valence-corrected chi connectivity index (χ1v) is 21.9. The first kappa shape index (κ1) is 48.9. The Morgan fingerprint density at radius 1 is 0.315 bits per heavy atom.